The standard InChI is InChI=1S/C12H14O5/c13-9-3-1-2-8(10(9)14)12(11(15)16)4-6-17-7-5-12/h1-3,13-14H,4-7H2,(H,15,16). The SMILES string of the molecule is O=C(O)C1(c2cccc(O)c2O)CCOCC1. The number of phenolic OH excluding ortho intramolecular Hbond substituents is 2. The number of carboxylic acids is 1. The second-order valence-corrected chi connectivity index (χ2v) is 4.17. The second kappa shape index (κ2) is 4.25. The molecule has 0 spiro atoms. The molecule has 0 saturated carbocycles. The van der Waals surface area contributed by atoms with Crippen molar-refractivity contribution in [3.63, 3.8) is 0 Å². The zero-order valence-corrected chi connectivity index (χ0v) is 9.22. The van der Waals surface area contributed by atoms with Gasteiger partial charge in [0, 0.05) is 18.8 Å². The monoisotopic (exact) mass is 238 g/mol. The molecule has 0 bridgehead atoms. The van der Waals surface area contributed by atoms with Crippen molar-refractivity contribution < 1.29 is 24.9 Å². The van der Waals surface area contributed by atoms with Crippen molar-refractivity contribution in [2.45, 2.75) is 18.3 Å². The van der Waals surface area contributed by atoms with Gasteiger partial charge in [-0.1, -0.05) is 12.1 Å². The molecule has 0 aliphatic carbocycles. The lowest BCUT2D eigenvalue weighted by atomic mass is 9.74. The van der Waals surface area contributed by atoms with Crippen molar-refractivity contribution in [2.24, 2.45) is 0 Å². The van der Waals surface area contributed by atoms with Crippen LogP contribution in [0.3, 0.4) is 0 Å². The van der Waals surface area contributed by atoms with Gasteiger partial charge in [-0.25, -0.2) is 0 Å². The molecule has 1 fully saturated rings. The predicted octanol–water partition coefficient (Wildman–Crippen LogP) is 1.23. The maximum Gasteiger partial charge on any atom is 0.314 e. The van der Waals surface area contributed by atoms with Crippen LogP contribution in [0.25, 0.3) is 0 Å². The number of benzene rings is 1. The molecule has 1 aromatic rings. The van der Waals surface area contributed by atoms with Crippen LogP contribution in [0, 0.1) is 0 Å². The van der Waals surface area contributed by atoms with Gasteiger partial charge in [0.05, 0.1) is 0 Å². The summed E-state index contributed by atoms with van der Waals surface area (Å²) in [5.41, 5.74) is -0.908. The van der Waals surface area contributed by atoms with Crippen LogP contribution in [0.5, 0.6) is 11.5 Å². The van der Waals surface area contributed by atoms with E-state index in [4.69, 9.17) is 4.74 Å². The molecule has 1 aromatic carbocycles. The van der Waals surface area contributed by atoms with E-state index < -0.39 is 11.4 Å². The molecule has 1 heterocycles. The second-order valence-electron chi connectivity index (χ2n) is 4.17. The van der Waals surface area contributed by atoms with Gasteiger partial charge in [-0.3, -0.25) is 4.79 Å². The molecular weight excluding hydrogens is 224 g/mol. The van der Waals surface area contributed by atoms with Crippen molar-refractivity contribution in [2.75, 3.05) is 13.2 Å². The van der Waals surface area contributed by atoms with Gasteiger partial charge < -0.3 is 20.1 Å². The van der Waals surface area contributed by atoms with Gasteiger partial charge in [0.2, 0.25) is 0 Å². The van der Waals surface area contributed by atoms with Gasteiger partial charge in [0.15, 0.2) is 11.5 Å². The third kappa shape index (κ3) is 1.82. The van der Waals surface area contributed by atoms with Crippen LogP contribution < -0.4 is 0 Å². The first-order valence-corrected chi connectivity index (χ1v) is 5.40. The number of hydrogen-bond donors (Lipinski definition) is 3. The lowest BCUT2D eigenvalue weighted by molar-refractivity contribution is -0.147. The average Bonchev–Trinajstić information content (AvgIpc) is 2.33. The van der Waals surface area contributed by atoms with Gasteiger partial charge in [-0.15, -0.1) is 0 Å². The van der Waals surface area contributed by atoms with Crippen molar-refractivity contribution in [1.82, 2.24) is 0 Å². The molecule has 92 valence electrons. The molecule has 17 heavy (non-hydrogen) atoms. The number of rotatable bonds is 2. The number of carbonyl (C=O) groups is 1. The highest BCUT2D eigenvalue weighted by molar-refractivity contribution is 5.83. The lowest BCUT2D eigenvalue weighted by Gasteiger charge is -2.33. The third-order valence-electron chi connectivity index (χ3n) is 3.29. The van der Waals surface area contributed by atoms with Crippen LogP contribution in [0.2, 0.25) is 0 Å². The van der Waals surface area contributed by atoms with E-state index in [0.29, 0.717) is 26.1 Å². The van der Waals surface area contributed by atoms with Gasteiger partial charge in [-0.05, 0) is 18.9 Å². The summed E-state index contributed by atoms with van der Waals surface area (Å²) >= 11 is 0. The normalized spacial score (nSPS) is 18.8. The van der Waals surface area contributed by atoms with E-state index in [2.05, 4.69) is 0 Å². The van der Waals surface area contributed by atoms with E-state index in [0.717, 1.165) is 0 Å². The first-order valence-electron chi connectivity index (χ1n) is 5.40. The van der Waals surface area contributed by atoms with Crippen LogP contribution in [0.1, 0.15) is 18.4 Å². The molecule has 1 aliphatic heterocycles. The average molecular weight is 238 g/mol. The predicted molar refractivity (Wildman–Crippen MR) is 59.1 cm³/mol. The van der Waals surface area contributed by atoms with Gasteiger partial charge in [-0.2, -0.15) is 0 Å². The summed E-state index contributed by atoms with van der Waals surface area (Å²) in [7, 11) is 0. The Kier molecular flexibility index (Phi) is 2.93. The molecule has 1 aliphatic rings. The number of hydrogen-bond acceptors (Lipinski definition) is 4. The zero-order chi connectivity index (χ0) is 12.5. The molecule has 0 unspecified atom stereocenters. The molecule has 0 amide bonds. The fourth-order valence-corrected chi connectivity index (χ4v) is 2.24. The maximum atomic E-state index is 11.5. The molecule has 0 radical (unpaired) electrons. The van der Waals surface area contributed by atoms with Crippen LogP contribution in [0.4, 0.5) is 0 Å². The van der Waals surface area contributed by atoms with Crippen LogP contribution in [0.15, 0.2) is 18.2 Å². The Hall–Kier alpha value is -1.75. The molecule has 1 saturated heterocycles. The number of aliphatic carboxylic acids is 1. The number of ether oxygens (including phenoxy) is 1. The molecule has 0 aromatic heterocycles. The van der Waals surface area contributed by atoms with E-state index in [-0.39, 0.29) is 17.1 Å². The van der Waals surface area contributed by atoms with Crippen LogP contribution in [-0.2, 0) is 14.9 Å². The maximum absolute atomic E-state index is 11.5. The van der Waals surface area contributed by atoms with E-state index in [1.54, 1.807) is 0 Å². The number of aromatic hydroxyl groups is 2. The van der Waals surface area contributed by atoms with E-state index in [9.17, 15) is 20.1 Å². The highest BCUT2D eigenvalue weighted by atomic mass is 16.5. The summed E-state index contributed by atoms with van der Waals surface area (Å²) in [5, 5.41) is 28.7. The van der Waals surface area contributed by atoms with Gasteiger partial charge in [0.1, 0.15) is 5.41 Å². The summed E-state index contributed by atoms with van der Waals surface area (Å²) < 4.78 is 5.16. The van der Waals surface area contributed by atoms with Crippen molar-refractivity contribution in [3.8, 4) is 11.5 Å². The molecular formula is C12H14O5. The summed E-state index contributed by atoms with van der Waals surface area (Å²) in [6.45, 7) is 0.669. The summed E-state index contributed by atoms with van der Waals surface area (Å²) in [5.74, 6) is -1.65. The number of phenols is 2. The van der Waals surface area contributed by atoms with Gasteiger partial charge >= 0.3 is 5.97 Å². The Bertz CT molecular complexity index is 435. The van der Waals surface area contributed by atoms with Crippen LogP contribution in [-0.4, -0.2) is 34.5 Å². The largest absolute Gasteiger partial charge is 0.504 e. The molecule has 3 N–H and O–H groups in total. The highest BCUT2D eigenvalue weighted by Crippen LogP contribution is 2.42. The fourth-order valence-electron chi connectivity index (χ4n) is 2.24. The van der Waals surface area contributed by atoms with Crippen LogP contribution >= 0.6 is 0 Å². The van der Waals surface area contributed by atoms with E-state index in [1.165, 1.54) is 18.2 Å². The molecule has 5 nitrogen and oxygen atoms in total. The Morgan fingerprint density at radius 3 is 2.47 bits per heavy atom. The minimum atomic E-state index is -1.17. The van der Waals surface area contributed by atoms with E-state index in [1.807, 2.05) is 0 Å². The number of para-hydroxylation sites is 1. The molecule has 5 heteroatoms. The van der Waals surface area contributed by atoms with Crippen molar-refractivity contribution in [3.05, 3.63) is 23.8 Å². The Morgan fingerprint density at radius 1 is 1.24 bits per heavy atom. The smallest absolute Gasteiger partial charge is 0.314 e. The first-order chi connectivity index (χ1) is 8.08. The zero-order valence-electron chi connectivity index (χ0n) is 9.22. The lowest BCUT2D eigenvalue weighted by Crippen LogP contribution is -2.41. The Balaban J connectivity index is 2.53. The minimum absolute atomic E-state index is 0.258. The van der Waals surface area contributed by atoms with Gasteiger partial charge in [0.25, 0.3) is 0 Å². The quantitative estimate of drug-likeness (QED) is 0.674. The highest BCUT2D eigenvalue weighted by Gasteiger charge is 2.44. The number of carboxylic acid groups (broad SMARTS) is 1. The fraction of sp³-hybridized carbons (Fsp3) is 0.417. The minimum Gasteiger partial charge on any atom is -0.504 e. The Morgan fingerprint density at radius 2 is 1.88 bits per heavy atom. The first kappa shape index (κ1) is 11.7. The summed E-state index contributed by atoms with van der Waals surface area (Å²) in [4.78, 5) is 11.5. The third-order valence-corrected chi connectivity index (χ3v) is 3.29. The Labute approximate surface area is 98.3 Å². The van der Waals surface area contributed by atoms with E-state index >= 15 is 0 Å². The van der Waals surface area contributed by atoms with Crippen molar-refractivity contribution in [1.29, 1.82) is 0 Å². The topological polar surface area (TPSA) is 87.0 Å². The summed E-state index contributed by atoms with van der Waals surface area (Å²) in [6.07, 6.45) is 0.582. The molecule has 0 atom stereocenters. The van der Waals surface area contributed by atoms with Crippen molar-refractivity contribution >= 4 is 5.97 Å². The summed E-state index contributed by atoms with van der Waals surface area (Å²) in [6, 6.07) is 4.40. The molecule has 2 rings (SSSR count).